The van der Waals surface area contributed by atoms with Gasteiger partial charge in [-0.25, -0.2) is 17.8 Å². The van der Waals surface area contributed by atoms with E-state index < -0.39 is 26.6 Å². The van der Waals surface area contributed by atoms with Gasteiger partial charge in [-0.05, 0) is 48.7 Å². The monoisotopic (exact) mass is 484 g/mol. The summed E-state index contributed by atoms with van der Waals surface area (Å²) in [7, 11) is -4.00. The second kappa shape index (κ2) is 10.1. The highest BCUT2D eigenvalue weighted by atomic mass is 32.2. The van der Waals surface area contributed by atoms with Gasteiger partial charge in [0, 0.05) is 49.2 Å². The minimum atomic E-state index is -4.00. The highest BCUT2D eigenvalue weighted by molar-refractivity contribution is 7.89. The van der Waals surface area contributed by atoms with Gasteiger partial charge < -0.3 is 9.88 Å². The molecule has 4 rings (SSSR count). The number of aromatic nitrogens is 2. The van der Waals surface area contributed by atoms with E-state index in [2.05, 4.69) is 28.7 Å². The summed E-state index contributed by atoms with van der Waals surface area (Å²) in [6.45, 7) is 5.49. The SMILES string of the molecule is CC(C)c1nccn1Cc1cccc(NC(=O)c2ccc(F)c(S(=O)(=O)N3CCCCC3)c2)c1. The van der Waals surface area contributed by atoms with Crippen molar-refractivity contribution in [1.82, 2.24) is 13.9 Å². The Morgan fingerprint density at radius 3 is 2.62 bits per heavy atom. The second-order valence-electron chi connectivity index (χ2n) is 8.83. The van der Waals surface area contributed by atoms with Gasteiger partial charge in [0.25, 0.3) is 5.91 Å². The number of sulfonamides is 1. The summed E-state index contributed by atoms with van der Waals surface area (Å²) < 4.78 is 43.8. The lowest BCUT2D eigenvalue weighted by atomic mass is 10.1. The van der Waals surface area contributed by atoms with Gasteiger partial charge in [0.1, 0.15) is 16.5 Å². The number of rotatable bonds is 7. The molecule has 7 nitrogen and oxygen atoms in total. The van der Waals surface area contributed by atoms with Gasteiger partial charge in [0.15, 0.2) is 0 Å². The van der Waals surface area contributed by atoms with Gasteiger partial charge >= 0.3 is 0 Å². The minimum Gasteiger partial charge on any atom is -0.330 e. The first-order valence-corrected chi connectivity index (χ1v) is 12.9. The average molecular weight is 485 g/mol. The molecule has 1 aliphatic rings. The molecule has 1 N–H and O–H groups in total. The molecule has 0 spiro atoms. The lowest BCUT2D eigenvalue weighted by Crippen LogP contribution is -2.36. The first kappa shape index (κ1) is 24.1. The summed E-state index contributed by atoms with van der Waals surface area (Å²) in [6, 6.07) is 10.9. The summed E-state index contributed by atoms with van der Waals surface area (Å²) in [6.07, 6.45) is 6.13. The first-order chi connectivity index (χ1) is 16.3. The van der Waals surface area contributed by atoms with Crippen LogP contribution in [0.1, 0.15) is 60.8 Å². The fourth-order valence-electron chi connectivity index (χ4n) is 4.19. The fraction of sp³-hybridized carbons (Fsp3) is 0.360. The Kier molecular flexibility index (Phi) is 7.13. The van der Waals surface area contributed by atoms with Crippen LogP contribution in [0, 0.1) is 5.82 Å². The van der Waals surface area contributed by atoms with Crippen LogP contribution in [0.4, 0.5) is 10.1 Å². The molecule has 2 aromatic carbocycles. The Morgan fingerprint density at radius 2 is 1.88 bits per heavy atom. The summed E-state index contributed by atoms with van der Waals surface area (Å²) >= 11 is 0. The number of imidazole rings is 1. The lowest BCUT2D eigenvalue weighted by molar-refractivity contribution is 0.102. The van der Waals surface area contributed by atoms with Crippen molar-refractivity contribution in [3.8, 4) is 0 Å². The van der Waals surface area contributed by atoms with Crippen molar-refractivity contribution in [2.75, 3.05) is 18.4 Å². The van der Waals surface area contributed by atoms with Crippen LogP contribution in [0.15, 0.2) is 59.8 Å². The van der Waals surface area contributed by atoms with Crippen molar-refractivity contribution < 1.29 is 17.6 Å². The van der Waals surface area contributed by atoms with E-state index in [1.807, 2.05) is 24.4 Å². The van der Waals surface area contributed by atoms with Crippen LogP contribution in [-0.2, 0) is 16.6 Å². The predicted molar refractivity (Wildman–Crippen MR) is 129 cm³/mol. The van der Waals surface area contributed by atoms with E-state index in [9.17, 15) is 17.6 Å². The van der Waals surface area contributed by atoms with Crippen molar-refractivity contribution in [2.45, 2.75) is 50.5 Å². The molecule has 180 valence electrons. The maximum Gasteiger partial charge on any atom is 0.255 e. The smallest absolute Gasteiger partial charge is 0.255 e. The van der Waals surface area contributed by atoms with Gasteiger partial charge in [-0.2, -0.15) is 4.31 Å². The largest absolute Gasteiger partial charge is 0.330 e. The van der Waals surface area contributed by atoms with Gasteiger partial charge in [0.2, 0.25) is 10.0 Å². The number of nitrogens with zero attached hydrogens (tertiary/aromatic N) is 3. The highest BCUT2D eigenvalue weighted by Gasteiger charge is 2.29. The molecule has 9 heteroatoms. The average Bonchev–Trinajstić information content (AvgIpc) is 3.28. The molecule has 0 saturated carbocycles. The van der Waals surface area contributed by atoms with Crippen molar-refractivity contribution >= 4 is 21.6 Å². The summed E-state index contributed by atoms with van der Waals surface area (Å²) in [5.74, 6) is -0.0990. The number of halogens is 1. The summed E-state index contributed by atoms with van der Waals surface area (Å²) in [4.78, 5) is 16.8. The summed E-state index contributed by atoms with van der Waals surface area (Å²) in [5, 5.41) is 2.80. The number of hydrogen-bond donors (Lipinski definition) is 1. The third kappa shape index (κ3) is 5.20. The Bertz CT molecular complexity index is 1280. The maximum absolute atomic E-state index is 14.5. The van der Waals surface area contributed by atoms with Crippen LogP contribution in [-0.4, -0.2) is 41.3 Å². The van der Waals surface area contributed by atoms with Crippen LogP contribution in [0.25, 0.3) is 0 Å². The van der Waals surface area contributed by atoms with E-state index in [4.69, 9.17) is 0 Å². The second-order valence-corrected chi connectivity index (χ2v) is 10.7. The zero-order valence-corrected chi connectivity index (χ0v) is 20.2. The number of carbonyl (C=O) groups is 1. The number of nitrogens with one attached hydrogen (secondary N) is 1. The molecular formula is C25H29FN4O3S. The Morgan fingerprint density at radius 1 is 1.12 bits per heavy atom. The quantitative estimate of drug-likeness (QED) is 0.530. The van der Waals surface area contributed by atoms with Crippen LogP contribution in [0.2, 0.25) is 0 Å². The standard InChI is InChI=1S/C25H29FN4O3S/c1-18(2)24-27-11-14-29(24)17-19-7-6-8-21(15-19)28-25(31)20-9-10-22(26)23(16-20)34(32,33)30-12-4-3-5-13-30/h6-11,14-16,18H,3-5,12-13,17H2,1-2H3,(H,28,31). The summed E-state index contributed by atoms with van der Waals surface area (Å²) in [5.41, 5.74) is 1.63. The Balaban J connectivity index is 1.53. The maximum atomic E-state index is 14.5. The molecule has 0 unspecified atom stereocenters. The van der Waals surface area contributed by atoms with Crippen LogP contribution in [0.5, 0.6) is 0 Å². The topological polar surface area (TPSA) is 84.3 Å². The Labute approximate surface area is 199 Å². The van der Waals surface area contributed by atoms with Crippen LogP contribution >= 0.6 is 0 Å². The molecule has 34 heavy (non-hydrogen) atoms. The molecule has 1 amide bonds. The predicted octanol–water partition coefficient (Wildman–Crippen LogP) is 4.62. The zero-order chi connectivity index (χ0) is 24.3. The first-order valence-electron chi connectivity index (χ1n) is 11.5. The van der Waals surface area contributed by atoms with Gasteiger partial charge in [-0.3, -0.25) is 4.79 Å². The molecular weight excluding hydrogens is 455 g/mol. The number of carbonyl (C=O) groups excluding carboxylic acids is 1. The molecule has 1 fully saturated rings. The number of hydrogen-bond acceptors (Lipinski definition) is 4. The molecule has 2 heterocycles. The number of amides is 1. The minimum absolute atomic E-state index is 0.0825. The van der Waals surface area contributed by atoms with Gasteiger partial charge in [-0.1, -0.05) is 32.4 Å². The third-order valence-corrected chi connectivity index (χ3v) is 7.84. The highest BCUT2D eigenvalue weighted by Crippen LogP contribution is 2.25. The van der Waals surface area contributed by atoms with Crippen molar-refractivity contribution in [3.05, 3.63) is 77.6 Å². The molecule has 0 aliphatic carbocycles. The van der Waals surface area contributed by atoms with E-state index in [-0.39, 0.29) is 11.5 Å². The number of piperidine rings is 1. The molecule has 1 saturated heterocycles. The fourth-order valence-corrected chi connectivity index (χ4v) is 5.80. The van der Waals surface area contributed by atoms with Crippen molar-refractivity contribution in [1.29, 1.82) is 0 Å². The lowest BCUT2D eigenvalue weighted by Gasteiger charge is -2.26. The normalized spacial score (nSPS) is 14.9. The van der Waals surface area contributed by atoms with Gasteiger partial charge in [-0.15, -0.1) is 0 Å². The number of anilines is 1. The zero-order valence-electron chi connectivity index (χ0n) is 19.4. The molecule has 3 aromatic rings. The van der Waals surface area contributed by atoms with E-state index in [1.54, 1.807) is 12.3 Å². The molecule has 0 bridgehead atoms. The molecule has 1 aliphatic heterocycles. The van der Waals surface area contributed by atoms with E-state index in [0.717, 1.165) is 42.8 Å². The molecule has 0 radical (unpaired) electrons. The van der Waals surface area contributed by atoms with E-state index in [0.29, 0.717) is 25.3 Å². The molecule has 0 atom stereocenters. The Hall–Kier alpha value is -3.04. The molecule has 1 aromatic heterocycles. The number of benzene rings is 2. The van der Waals surface area contributed by atoms with Crippen molar-refractivity contribution in [2.24, 2.45) is 0 Å². The van der Waals surface area contributed by atoms with Crippen molar-refractivity contribution in [3.63, 3.8) is 0 Å². The van der Waals surface area contributed by atoms with E-state index in [1.165, 1.54) is 10.4 Å². The van der Waals surface area contributed by atoms with Crippen LogP contribution in [0.3, 0.4) is 0 Å². The van der Waals surface area contributed by atoms with Crippen LogP contribution < -0.4 is 5.32 Å². The van der Waals surface area contributed by atoms with E-state index >= 15 is 0 Å². The third-order valence-electron chi connectivity index (χ3n) is 5.93. The van der Waals surface area contributed by atoms with Gasteiger partial charge in [0.05, 0.1) is 0 Å².